The van der Waals surface area contributed by atoms with Crippen molar-refractivity contribution in [1.82, 2.24) is 24.8 Å². The summed E-state index contributed by atoms with van der Waals surface area (Å²) in [4.78, 5) is 25.3. The summed E-state index contributed by atoms with van der Waals surface area (Å²) in [6, 6.07) is 14.1. The Labute approximate surface area is 159 Å². The van der Waals surface area contributed by atoms with Crippen molar-refractivity contribution < 1.29 is 13.7 Å². The Morgan fingerprint density at radius 3 is 2.68 bits per heavy atom. The standard InChI is InChI=1S/C19H17N5O4/c1-13-10-14(22-28-13)11-20-17(25)12-23-18(16-8-5-9-27-16)21-24(19(23)26)15-6-3-2-4-7-15/h2-10H,11-12H2,1H3,(H,20,25). The van der Waals surface area contributed by atoms with Gasteiger partial charge in [0, 0.05) is 6.07 Å². The number of aryl methyl sites for hydroxylation is 1. The largest absolute Gasteiger partial charge is 0.461 e. The van der Waals surface area contributed by atoms with E-state index >= 15 is 0 Å². The van der Waals surface area contributed by atoms with Crippen molar-refractivity contribution in [3.05, 3.63) is 76.7 Å². The molecule has 1 N–H and O–H groups in total. The average molecular weight is 379 g/mol. The Bertz CT molecular complexity index is 1140. The molecule has 3 heterocycles. The van der Waals surface area contributed by atoms with Gasteiger partial charge in [-0.15, -0.1) is 5.10 Å². The number of hydrogen-bond acceptors (Lipinski definition) is 6. The van der Waals surface area contributed by atoms with E-state index in [4.69, 9.17) is 8.94 Å². The number of nitrogens with one attached hydrogen (secondary N) is 1. The summed E-state index contributed by atoms with van der Waals surface area (Å²) >= 11 is 0. The number of carbonyl (C=O) groups excluding carboxylic acids is 1. The van der Waals surface area contributed by atoms with Gasteiger partial charge in [0.25, 0.3) is 0 Å². The monoisotopic (exact) mass is 379 g/mol. The summed E-state index contributed by atoms with van der Waals surface area (Å²) in [5.74, 6) is 0.964. The van der Waals surface area contributed by atoms with E-state index in [1.54, 1.807) is 49.4 Å². The quantitative estimate of drug-likeness (QED) is 0.548. The van der Waals surface area contributed by atoms with Crippen molar-refractivity contribution in [2.75, 3.05) is 0 Å². The van der Waals surface area contributed by atoms with Crippen LogP contribution in [-0.2, 0) is 17.9 Å². The lowest BCUT2D eigenvalue weighted by Crippen LogP contribution is -2.33. The molecule has 142 valence electrons. The molecule has 4 rings (SSSR count). The van der Waals surface area contributed by atoms with Gasteiger partial charge in [0.2, 0.25) is 11.7 Å². The molecule has 0 aliphatic heterocycles. The summed E-state index contributed by atoms with van der Waals surface area (Å²) < 4.78 is 12.9. The minimum Gasteiger partial charge on any atom is -0.461 e. The van der Waals surface area contributed by atoms with Crippen LogP contribution in [0.3, 0.4) is 0 Å². The van der Waals surface area contributed by atoms with E-state index in [1.807, 2.05) is 6.07 Å². The van der Waals surface area contributed by atoms with Crippen LogP contribution in [-0.4, -0.2) is 25.4 Å². The van der Waals surface area contributed by atoms with Crippen molar-refractivity contribution in [2.45, 2.75) is 20.0 Å². The fraction of sp³-hybridized carbons (Fsp3) is 0.158. The highest BCUT2D eigenvalue weighted by atomic mass is 16.5. The van der Waals surface area contributed by atoms with Crippen LogP contribution in [0.1, 0.15) is 11.5 Å². The van der Waals surface area contributed by atoms with Gasteiger partial charge >= 0.3 is 5.69 Å². The molecule has 28 heavy (non-hydrogen) atoms. The normalized spacial score (nSPS) is 10.9. The molecule has 0 bridgehead atoms. The number of nitrogens with zero attached hydrogens (tertiary/aromatic N) is 4. The average Bonchev–Trinajstić information content (AvgIpc) is 3.43. The lowest BCUT2D eigenvalue weighted by atomic mass is 10.3. The number of amides is 1. The van der Waals surface area contributed by atoms with Crippen LogP contribution in [0.5, 0.6) is 0 Å². The van der Waals surface area contributed by atoms with Crippen molar-refractivity contribution >= 4 is 5.91 Å². The molecule has 0 spiro atoms. The van der Waals surface area contributed by atoms with Gasteiger partial charge in [-0.1, -0.05) is 23.4 Å². The van der Waals surface area contributed by atoms with E-state index in [1.165, 1.54) is 15.5 Å². The van der Waals surface area contributed by atoms with Gasteiger partial charge in [-0.3, -0.25) is 9.36 Å². The number of aromatic nitrogens is 4. The second kappa shape index (κ2) is 7.39. The minimum absolute atomic E-state index is 0.202. The second-order valence-corrected chi connectivity index (χ2v) is 6.12. The summed E-state index contributed by atoms with van der Waals surface area (Å²) in [5.41, 5.74) is 0.756. The molecule has 0 radical (unpaired) electrons. The zero-order valence-electron chi connectivity index (χ0n) is 15.0. The highest BCUT2D eigenvalue weighted by Crippen LogP contribution is 2.17. The molecular weight excluding hydrogens is 362 g/mol. The Morgan fingerprint density at radius 1 is 1.18 bits per heavy atom. The SMILES string of the molecule is Cc1cc(CNC(=O)Cn2c(-c3ccco3)nn(-c3ccccc3)c2=O)no1. The van der Waals surface area contributed by atoms with E-state index in [2.05, 4.69) is 15.6 Å². The maximum absolute atomic E-state index is 12.9. The molecule has 0 saturated heterocycles. The van der Waals surface area contributed by atoms with Crippen LogP contribution in [0, 0.1) is 6.92 Å². The molecular formula is C19H17N5O4. The zero-order chi connectivity index (χ0) is 19.5. The van der Waals surface area contributed by atoms with Gasteiger partial charge in [0.05, 0.1) is 18.5 Å². The van der Waals surface area contributed by atoms with Crippen molar-refractivity contribution in [2.24, 2.45) is 0 Å². The van der Waals surface area contributed by atoms with E-state index in [0.29, 0.717) is 22.9 Å². The molecule has 0 unspecified atom stereocenters. The van der Waals surface area contributed by atoms with Crippen LogP contribution in [0.25, 0.3) is 17.3 Å². The van der Waals surface area contributed by atoms with Gasteiger partial charge in [0.15, 0.2) is 5.76 Å². The first-order valence-corrected chi connectivity index (χ1v) is 8.60. The maximum Gasteiger partial charge on any atom is 0.351 e. The zero-order valence-corrected chi connectivity index (χ0v) is 15.0. The third-order valence-electron chi connectivity index (χ3n) is 4.05. The fourth-order valence-electron chi connectivity index (χ4n) is 2.75. The Kier molecular flexibility index (Phi) is 4.63. The van der Waals surface area contributed by atoms with Gasteiger partial charge in [-0.05, 0) is 31.2 Å². The van der Waals surface area contributed by atoms with Crippen molar-refractivity contribution in [3.63, 3.8) is 0 Å². The van der Waals surface area contributed by atoms with Gasteiger partial charge in [-0.2, -0.15) is 4.68 Å². The highest BCUT2D eigenvalue weighted by Gasteiger charge is 2.20. The number of furan rings is 1. The summed E-state index contributed by atoms with van der Waals surface area (Å²) in [7, 11) is 0. The fourth-order valence-corrected chi connectivity index (χ4v) is 2.75. The molecule has 9 heteroatoms. The highest BCUT2D eigenvalue weighted by molar-refractivity contribution is 5.76. The van der Waals surface area contributed by atoms with Crippen LogP contribution in [0.15, 0.2) is 68.5 Å². The molecule has 3 aromatic heterocycles. The second-order valence-electron chi connectivity index (χ2n) is 6.12. The number of hydrogen-bond donors (Lipinski definition) is 1. The molecule has 1 aromatic carbocycles. The maximum atomic E-state index is 12.9. The number of benzene rings is 1. The van der Waals surface area contributed by atoms with Crippen LogP contribution in [0.4, 0.5) is 0 Å². The third-order valence-corrected chi connectivity index (χ3v) is 4.05. The lowest BCUT2D eigenvalue weighted by Gasteiger charge is -2.05. The summed E-state index contributed by atoms with van der Waals surface area (Å²) in [6.07, 6.45) is 1.48. The Morgan fingerprint density at radius 2 is 2.00 bits per heavy atom. The molecule has 9 nitrogen and oxygen atoms in total. The lowest BCUT2D eigenvalue weighted by molar-refractivity contribution is -0.121. The molecule has 4 aromatic rings. The van der Waals surface area contributed by atoms with E-state index in [0.717, 1.165) is 0 Å². The van der Waals surface area contributed by atoms with Crippen LogP contribution < -0.4 is 11.0 Å². The van der Waals surface area contributed by atoms with Gasteiger partial charge in [0.1, 0.15) is 18.0 Å². The summed E-state index contributed by atoms with van der Waals surface area (Å²) in [6.45, 7) is 1.76. The molecule has 1 amide bonds. The topological polar surface area (TPSA) is 108 Å². The first kappa shape index (κ1) is 17.5. The molecule has 0 aliphatic rings. The third kappa shape index (κ3) is 3.50. The Hall–Kier alpha value is -3.88. The molecule has 0 saturated carbocycles. The molecule has 0 aliphatic carbocycles. The first-order valence-electron chi connectivity index (χ1n) is 8.60. The minimum atomic E-state index is -0.440. The van der Waals surface area contributed by atoms with Crippen LogP contribution in [0.2, 0.25) is 0 Å². The van der Waals surface area contributed by atoms with Crippen LogP contribution >= 0.6 is 0 Å². The number of rotatable bonds is 6. The Balaban J connectivity index is 1.62. The van der Waals surface area contributed by atoms with E-state index < -0.39 is 5.69 Å². The smallest absolute Gasteiger partial charge is 0.351 e. The predicted molar refractivity (Wildman–Crippen MR) is 98.6 cm³/mol. The predicted octanol–water partition coefficient (Wildman–Crippen LogP) is 1.91. The van der Waals surface area contributed by atoms with Gasteiger partial charge in [-0.25, -0.2) is 4.79 Å². The van der Waals surface area contributed by atoms with Crippen molar-refractivity contribution in [1.29, 1.82) is 0 Å². The first-order chi connectivity index (χ1) is 13.6. The molecule has 0 fully saturated rings. The number of carbonyl (C=O) groups is 1. The van der Waals surface area contributed by atoms with E-state index in [-0.39, 0.29) is 24.8 Å². The van der Waals surface area contributed by atoms with Crippen molar-refractivity contribution in [3.8, 4) is 17.3 Å². The van der Waals surface area contributed by atoms with E-state index in [9.17, 15) is 9.59 Å². The van der Waals surface area contributed by atoms with Gasteiger partial charge < -0.3 is 14.3 Å². The summed E-state index contributed by atoms with van der Waals surface area (Å²) in [5, 5.41) is 10.9. The molecule has 0 atom stereocenters. The number of para-hydroxylation sites is 1.